The van der Waals surface area contributed by atoms with E-state index in [1.807, 2.05) is 17.1 Å². The van der Waals surface area contributed by atoms with Crippen LogP contribution < -0.4 is 4.74 Å². The minimum absolute atomic E-state index is 0.0296. The molecule has 0 radical (unpaired) electrons. The number of amides is 1. The van der Waals surface area contributed by atoms with Crippen LogP contribution >= 0.6 is 0 Å². The van der Waals surface area contributed by atoms with Crippen molar-refractivity contribution in [3.8, 4) is 5.75 Å². The van der Waals surface area contributed by atoms with Crippen LogP contribution in [0, 0.1) is 11.8 Å². The third-order valence-electron chi connectivity index (χ3n) is 6.08. The van der Waals surface area contributed by atoms with Gasteiger partial charge in [-0.2, -0.15) is 5.10 Å². The van der Waals surface area contributed by atoms with Gasteiger partial charge in [-0.1, -0.05) is 50.0 Å². The van der Waals surface area contributed by atoms with Crippen molar-refractivity contribution in [1.82, 2.24) is 5.01 Å². The molecule has 3 aliphatic rings. The number of rotatable bonds is 3. The van der Waals surface area contributed by atoms with Gasteiger partial charge >= 0.3 is 0 Å². The lowest BCUT2D eigenvalue weighted by molar-refractivity contribution is -0.140. The van der Waals surface area contributed by atoms with Crippen molar-refractivity contribution < 1.29 is 9.53 Å². The molecule has 0 spiro atoms. The average molecular weight is 352 g/mol. The number of carbonyl (C=O) groups excluding carboxylic acids is 1. The number of methoxy groups -OCH3 is 1. The minimum Gasteiger partial charge on any atom is -0.497 e. The van der Waals surface area contributed by atoms with Crippen molar-refractivity contribution in [3.63, 3.8) is 0 Å². The molecule has 2 atom stereocenters. The molecule has 0 unspecified atom stereocenters. The summed E-state index contributed by atoms with van der Waals surface area (Å²) in [7, 11) is 1.69. The van der Waals surface area contributed by atoms with Gasteiger partial charge in [0, 0.05) is 11.5 Å². The largest absolute Gasteiger partial charge is 0.497 e. The standard InChI is InChI=1S/C22H28N2O2/c1-26-18-12-8-9-16(15-18)21-19-13-6-7-14-20(19)22(25)24(23-21)17-10-4-2-3-5-11-17/h6-9,12,15,17,19-20H,2-5,10-11,13-14H2,1H3/t19-,20+/m0/s1. The lowest BCUT2D eigenvalue weighted by Gasteiger charge is -2.40. The van der Waals surface area contributed by atoms with Crippen molar-refractivity contribution in [1.29, 1.82) is 0 Å². The van der Waals surface area contributed by atoms with E-state index < -0.39 is 0 Å². The van der Waals surface area contributed by atoms with E-state index in [1.165, 1.54) is 25.7 Å². The summed E-state index contributed by atoms with van der Waals surface area (Å²) in [5.74, 6) is 1.28. The van der Waals surface area contributed by atoms with E-state index in [-0.39, 0.29) is 23.8 Å². The number of hydrogen-bond acceptors (Lipinski definition) is 3. The molecule has 1 aromatic rings. The molecule has 1 saturated carbocycles. The van der Waals surface area contributed by atoms with E-state index >= 15 is 0 Å². The lowest BCUT2D eigenvalue weighted by atomic mass is 9.76. The Bertz CT molecular complexity index is 717. The Balaban J connectivity index is 1.73. The van der Waals surface area contributed by atoms with Gasteiger partial charge in [0.25, 0.3) is 0 Å². The predicted octanol–water partition coefficient (Wildman–Crippen LogP) is 4.55. The predicted molar refractivity (Wildman–Crippen MR) is 103 cm³/mol. The molecule has 4 heteroatoms. The summed E-state index contributed by atoms with van der Waals surface area (Å²) in [5.41, 5.74) is 2.14. The first-order valence-electron chi connectivity index (χ1n) is 9.99. The molecule has 0 saturated heterocycles. The molecule has 26 heavy (non-hydrogen) atoms. The van der Waals surface area contributed by atoms with Gasteiger partial charge in [0.1, 0.15) is 5.75 Å². The molecule has 1 fully saturated rings. The fraction of sp³-hybridized carbons (Fsp3) is 0.545. The smallest absolute Gasteiger partial charge is 0.247 e. The van der Waals surface area contributed by atoms with Crippen LogP contribution in [-0.4, -0.2) is 29.8 Å². The fourth-order valence-electron chi connectivity index (χ4n) is 4.62. The highest BCUT2D eigenvalue weighted by molar-refractivity contribution is 6.07. The zero-order valence-corrected chi connectivity index (χ0v) is 15.6. The molecule has 1 aliphatic heterocycles. The number of benzene rings is 1. The first-order chi connectivity index (χ1) is 12.8. The summed E-state index contributed by atoms with van der Waals surface area (Å²) in [6.45, 7) is 0. The average Bonchev–Trinajstić information content (AvgIpc) is 2.98. The Hall–Kier alpha value is -2.10. The van der Waals surface area contributed by atoms with E-state index in [9.17, 15) is 4.79 Å². The van der Waals surface area contributed by atoms with Crippen molar-refractivity contribution in [3.05, 3.63) is 42.0 Å². The normalized spacial score (nSPS) is 26.9. The Morgan fingerprint density at radius 3 is 2.50 bits per heavy atom. The Morgan fingerprint density at radius 1 is 1.04 bits per heavy atom. The number of nitrogens with zero attached hydrogens (tertiary/aromatic N) is 2. The van der Waals surface area contributed by atoms with Gasteiger partial charge in [-0.15, -0.1) is 0 Å². The van der Waals surface area contributed by atoms with Crippen molar-refractivity contribution >= 4 is 11.6 Å². The molecule has 1 heterocycles. The van der Waals surface area contributed by atoms with Crippen LogP contribution in [0.15, 0.2) is 41.5 Å². The number of hydrazone groups is 1. The maximum atomic E-state index is 13.2. The molecule has 1 amide bonds. The van der Waals surface area contributed by atoms with Crippen LogP contribution in [-0.2, 0) is 4.79 Å². The van der Waals surface area contributed by atoms with Crippen molar-refractivity contribution in [2.75, 3.05) is 7.11 Å². The monoisotopic (exact) mass is 352 g/mol. The highest BCUT2D eigenvalue weighted by Crippen LogP contribution is 2.37. The second kappa shape index (κ2) is 7.65. The summed E-state index contributed by atoms with van der Waals surface area (Å²) in [6, 6.07) is 8.38. The Kier molecular flexibility index (Phi) is 5.09. The van der Waals surface area contributed by atoms with Gasteiger partial charge in [-0.25, -0.2) is 5.01 Å². The van der Waals surface area contributed by atoms with Crippen LogP contribution in [0.1, 0.15) is 56.9 Å². The van der Waals surface area contributed by atoms with E-state index in [4.69, 9.17) is 9.84 Å². The fourth-order valence-corrected chi connectivity index (χ4v) is 4.62. The van der Waals surface area contributed by atoms with Crippen LogP contribution in [0.3, 0.4) is 0 Å². The zero-order chi connectivity index (χ0) is 17.9. The SMILES string of the molecule is COc1cccc(C2=NN(C3CCCCCC3)C(=O)[C@@H]3CC=CC[C@H]23)c1. The van der Waals surface area contributed by atoms with Crippen LogP contribution in [0.5, 0.6) is 5.75 Å². The summed E-state index contributed by atoms with van der Waals surface area (Å²) < 4.78 is 5.41. The van der Waals surface area contributed by atoms with E-state index in [1.54, 1.807) is 7.11 Å². The second-order valence-electron chi connectivity index (χ2n) is 7.70. The molecule has 2 aliphatic carbocycles. The third-order valence-corrected chi connectivity index (χ3v) is 6.08. The highest BCUT2D eigenvalue weighted by atomic mass is 16.5. The van der Waals surface area contributed by atoms with Gasteiger partial charge in [0.05, 0.1) is 24.8 Å². The second-order valence-corrected chi connectivity index (χ2v) is 7.70. The number of carbonyl (C=O) groups is 1. The van der Waals surface area contributed by atoms with Crippen LogP contribution in [0.2, 0.25) is 0 Å². The van der Waals surface area contributed by atoms with Crippen LogP contribution in [0.25, 0.3) is 0 Å². The van der Waals surface area contributed by atoms with Crippen LogP contribution in [0.4, 0.5) is 0 Å². The topological polar surface area (TPSA) is 41.9 Å². The molecule has 0 aromatic heterocycles. The number of fused-ring (bicyclic) bond motifs is 1. The molecule has 1 aromatic carbocycles. The van der Waals surface area contributed by atoms with Gasteiger partial charge in [-0.3, -0.25) is 4.79 Å². The quantitative estimate of drug-likeness (QED) is 0.592. The van der Waals surface area contributed by atoms with Crippen molar-refractivity contribution in [2.45, 2.75) is 57.4 Å². The zero-order valence-electron chi connectivity index (χ0n) is 15.6. The molecule has 4 nitrogen and oxygen atoms in total. The Labute approximate surface area is 155 Å². The molecule has 0 bridgehead atoms. The van der Waals surface area contributed by atoms with Gasteiger partial charge in [0.15, 0.2) is 0 Å². The Morgan fingerprint density at radius 2 is 1.77 bits per heavy atom. The van der Waals surface area contributed by atoms with E-state index in [0.29, 0.717) is 0 Å². The van der Waals surface area contributed by atoms with Gasteiger partial charge in [-0.05, 0) is 37.8 Å². The summed E-state index contributed by atoms with van der Waals surface area (Å²) in [6.07, 6.45) is 13.2. The van der Waals surface area contributed by atoms with Gasteiger partial charge in [0.2, 0.25) is 5.91 Å². The maximum Gasteiger partial charge on any atom is 0.247 e. The molecular formula is C22H28N2O2. The first kappa shape index (κ1) is 17.3. The summed E-state index contributed by atoms with van der Waals surface area (Å²) >= 11 is 0. The first-order valence-corrected chi connectivity index (χ1v) is 9.99. The highest BCUT2D eigenvalue weighted by Gasteiger charge is 2.42. The lowest BCUT2D eigenvalue weighted by Crippen LogP contribution is -2.49. The van der Waals surface area contributed by atoms with Crippen molar-refractivity contribution in [2.24, 2.45) is 16.9 Å². The molecule has 4 rings (SSSR count). The maximum absolute atomic E-state index is 13.2. The third kappa shape index (κ3) is 3.29. The molecule has 0 N–H and O–H groups in total. The van der Waals surface area contributed by atoms with E-state index in [2.05, 4.69) is 24.3 Å². The van der Waals surface area contributed by atoms with Gasteiger partial charge < -0.3 is 4.74 Å². The molecule has 138 valence electrons. The number of hydrogen-bond donors (Lipinski definition) is 0. The molecular weight excluding hydrogens is 324 g/mol. The minimum atomic E-state index is 0.0296. The number of allylic oxidation sites excluding steroid dienone is 2. The summed E-state index contributed by atoms with van der Waals surface area (Å²) in [4.78, 5) is 13.2. The van der Waals surface area contributed by atoms with E-state index in [0.717, 1.165) is 42.7 Å². The summed E-state index contributed by atoms with van der Waals surface area (Å²) in [5, 5.41) is 6.83. The number of ether oxygens (including phenoxy) is 1.